The van der Waals surface area contributed by atoms with Gasteiger partial charge in [0, 0.05) is 24.4 Å². The summed E-state index contributed by atoms with van der Waals surface area (Å²) in [6, 6.07) is 6.14. The average Bonchev–Trinajstić information content (AvgIpc) is 2.53. The summed E-state index contributed by atoms with van der Waals surface area (Å²) in [5, 5.41) is 13.5. The van der Waals surface area contributed by atoms with Crippen LogP contribution >= 0.6 is 0 Å². The fraction of sp³-hybridized carbons (Fsp3) is 0.588. The number of ether oxygens (including phenoxy) is 1. The summed E-state index contributed by atoms with van der Waals surface area (Å²) >= 11 is 0. The molecule has 0 spiro atoms. The quantitative estimate of drug-likeness (QED) is 0.599. The van der Waals surface area contributed by atoms with E-state index in [1.807, 2.05) is 12.1 Å². The number of phenols is 1. The number of nitrogens with one attached hydrogen (secondary N) is 1. The van der Waals surface area contributed by atoms with E-state index in [4.69, 9.17) is 4.74 Å². The summed E-state index contributed by atoms with van der Waals surface area (Å²) in [5.74, 6) is 0.641. The molecule has 0 radical (unpaired) electrons. The highest BCUT2D eigenvalue weighted by molar-refractivity contribution is 5.84. The monoisotopic (exact) mass is 290 g/mol. The molecule has 0 heterocycles. The lowest BCUT2D eigenvalue weighted by Crippen LogP contribution is -2.31. The summed E-state index contributed by atoms with van der Waals surface area (Å²) in [4.78, 5) is 4.38. The van der Waals surface area contributed by atoms with Crippen LogP contribution in [0.2, 0.25) is 0 Å². The number of para-hydroxylation sites is 1. The van der Waals surface area contributed by atoms with Crippen LogP contribution in [0.4, 0.5) is 0 Å². The normalized spacial score (nSPS) is 16.4. The van der Waals surface area contributed by atoms with Crippen molar-refractivity contribution in [2.45, 2.75) is 44.6 Å². The molecule has 116 valence electrons. The predicted octanol–water partition coefficient (Wildman–Crippen LogP) is 3.13. The van der Waals surface area contributed by atoms with Crippen molar-refractivity contribution in [3.8, 4) is 11.5 Å². The van der Waals surface area contributed by atoms with Gasteiger partial charge in [0.1, 0.15) is 0 Å². The maximum absolute atomic E-state index is 9.93. The lowest BCUT2D eigenvalue weighted by Gasteiger charge is -2.22. The van der Waals surface area contributed by atoms with Gasteiger partial charge in [-0.25, -0.2) is 0 Å². The number of rotatable bonds is 7. The lowest BCUT2D eigenvalue weighted by molar-refractivity contribution is 0.373. The third-order valence-corrected chi connectivity index (χ3v) is 3.98. The van der Waals surface area contributed by atoms with E-state index in [1.54, 1.807) is 19.4 Å². The number of benzene rings is 1. The van der Waals surface area contributed by atoms with Gasteiger partial charge in [-0.2, -0.15) is 0 Å². The highest BCUT2D eigenvalue weighted by Crippen LogP contribution is 2.27. The summed E-state index contributed by atoms with van der Waals surface area (Å²) in [7, 11) is 1.55. The van der Waals surface area contributed by atoms with Crippen molar-refractivity contribution in [2.24, 2.45) is 4.99 Å². The third-order valence-electron chi connectivity index (χ3n) is 3.98. The molecule has 1 saturated carbocycles. The molecule has 21 heavy (non-hydrogen) atoms. The van der Waals surface area contributed by atoms with Crippen LogP contribution in [0.15, 0.2) is 23.2 Å². The SMILES string of the molecule is COc1cccc(C=NCCCNC2CCCCC2)c1O. The zero-order chi connectivity index (χ0) is 14.9. The Hall–Kier alpha value is -1.55. The predicted molar refractivity (Wildman–Crippen MR) is 86.6 cm³/mol. The maximum Gasteiger partial charge on any atom is 0.166 e. The number of hydrogen-bond acceptors (Lipinski definition) is 4. The van der Waals surface area contributed by atoms with Gasteiger partial charge < -0.3 is 15.2 Å². The third kappa shape index (κ3) is 5.05. The van der Waals surface area contributed by atoms with Crippen LogP contribution in [0.1, 0.15) is 44.1 Å². The molecule has 0 unspecified atom stereocenters. The molecular weight excluding hydrogens is 264 g/mol. The van der Waals surface area contributed by atoms with Gasteiger partial charge in [-0.1, -0.05) is 25.3 Å². The Morgan fingerprint density at radius 1 is 1.33 bits per heavy atom. The van der Waals surface area contributed by atoms with Gasteiger partial charge >= 0.3 is 0 Å². The molecule has 2 N–H and O–H groups in total. The molecule has 1 fully saturated rings. The van der Waals surface area contributed by atoms with Crippen molar-refractivity contribution in [3.05, 3.63) is 23.8 Å². The maximum atomic E-state index is 9.93. The molecule has 4 nitrogen and oxygen atoms in total. The van der Waals surface area contributed by atoms with Crippen LogP contribution in [-0.4, -0.2) is 37.6 Å². The molecule has 0 saturated heterocycles. The lowest BCUT2D eigenvalue weighted by atomic mass is 9.95. The minimum atomic E-state index is 0.157. The summed E-state index contributed by atoms with van der Waals surface area (Å²) in [6.07, 6.45) is 9.51. The fourth-order valence-electron chi connectivity index (χ4n) is 2.75. The van der Waals surface area contributed by atoms with Gasteiger partial charge in [0.05, 0.1) is 7.11 Å². The molecule has 1 aliphatic rings. The van der Waals surface area contributed by atoms with E-state index in [9.17, 15) is 5.11 Å². The Morgan fingerprint density at radius 2 is 2.14 bits per heavy atom. The van der Waals surface area contributed by atoms with E-state index < -0.39 is 0 Å². The van der Waals surface area contributed by atoms with Crippen LogP contribution in [0.5, 0.6) is 11.5 Å². The first-order valence-electron chi connectivity index (χ1n) is 7.90. The highest BCUT2D eigenvalue weighted by Gasteiger charge is 2.11. The number of phenolic OH excluding ortho intramolecular Hbond substituents is 1. The van der Waals surface area contributed by atoms with Crippen molar-refractivity contribution < 1.29 is 9.84 Å². The second kappa shape index (κ2) is 8.67. The Morgan fingerprint density at radius 3 is 2.90 bits per heavy atom. The van der Waals surface area contributed by atoms with Crippen molar-refractivity contribution in [1.82, 2.24) is 5.32 Å². The molecule has 0 aliphatic heterocycles. The Bertz CT molecular complexity index is 454. The van der Waals surface area contributed by atoms with Gasteiger partial charge in [0.25, 0.3) is 0 Å². The minimum Gasteiger partial charge on any atom is -0.504 e. The van der Waals surface area contributed by atoms with E-state index in [0.717, 1.165) is 19.5 Å². The van der Waals surface area contributed by atoms with Gasteiger partial charge in [-0.3, -0.25) is 4.99 Å². The second-order valence-electron chi connectivity index (χ2n) is 5.58. The number of methoxy groups -OCH3 is 1. The Kier molecular flexibility index (Phi) is 6.54. The summed E-state index contributed by atoms with van der Waals surface area (Å²) in [6.45, 7) is 1.79. The highest BCUT2D eigenvalue weighted by atomic mass is 16.5. The largest absolute Gasteiger partial charge is 0.504 e. The number of aromatic hydroxyl groups is 1. The Balaban J connectivity index is 1.68. The molecule has 0 amide bonds. The minimum absolute atomic E-state index is 0.157. The van der Waals surface area contributed by atoms with E-state index >= 15 is 0 Å². The molecule has 0 atom stereocenters. The smallest absolute Gasteiger partial charge is 0.166 e. The number of nitrogens with zero attached hydrogens (tertiary/aromatic N) is 1. The van der Waals surface area contributed by atoms with Crippen molar-refractivity contribution in [1.29, 1.82) is 0 Å². The molecular formula is C17H26N2O2. The van der Waals surface area contributed by atoms with Crippen molar-refractivity contribution >= 4 is 6.21 Å². The molecule has 1 aliphatic carbocycles. The molecule has 0 aromatic heterocycles. The van der Waals surface area contributed by atoms with Gasteiger partial charge in [0.2, 0.25) is 0 Å². The summed E-state index contributed by atoms with van der Waals surface area (Å²) < 4.78 is 5.08. The first kappa shape index (κ1) is 15.8. The van der Waals surface area contributed by atoms with Gasteiger partial charge in [0.15, 0.2) is 11.5 Å². The van der Waals surface area contributed by atoms with Crippen LogP contribution in [-0.2, 0) is 0 Å². The first-order chi connectivity index (χ1) is 10.3. The molecule has 2 rings (SSSR count). The van der Waals surface area contributed by atoms with Gasteiger partial charge in [-0.15, -0.1) is 0 Å². The van der Waals surface area contributed by atoms with Crippen molar-refractivity contribution in [2.75, 3.05) is 20.2 Å². The second-order valence-corrected chi connectivity index (χ2v) is 5.58. The topological polar surface area (TPSA) is 53.8 Å². The van der Waals surface area contributed by atoms with E-state index in [1.165, 1.54) is 32.1 Å². The van der Waals surface area contributed by atoms with Crippen LogP contribution in [0, 0.1) is 0 Å². The van der Waals surface area contributed by atoms with Crippen LogP contribution < -0.4 is 10.1 Å². The van der Waals surface area contributed by atoms with Crippen molar-refractivity contribution in [3.63, 3.8) is 0 Å². The fourth-order valence-corrected chi connectivity index (χ4v) is 2.75. The first-order valence-corrected chi connectivity index (χ1v) is 7.90. The van der Waals surface area contributed by atoms with E-state index in [2.05, 4.69) is 10.3 Å². The zero-order valence-electron chi connectivity index (χ0n) is 12.8. The summed E-state index contributed by atoms with van der Waals surface area (Å²) in [5.41, 5.74) is 0.703. The number of hydrogen-bond donors (Lipinski definition) is 2. The Labute approximate surface area is 127 Å². The zero-order valence-corrected chi connectivity index (χ0v) is 12.8. The van der Waals surface area contributed by atoms with Gasteiger partial charge in [-0.05, 0) is 37.9 Å². The average molecular weight is 290 g/mol. The standard InChI is InChI=1S/C17H26N2O2/c1-21-16-10-5-7-14(17(16)20)13-18-11-6-12-19-15-8-3-2-4-9-15/h5,7,10,13,15,19-20H,2-4,6,8-9,11-12H2,1H3. The molecule has 0 bridgehead atoms. The molecule has 1 aromatic rings. The van der Waals surface area contributed by atoms with Crippen LogP contribution in [0.3, 0.4) is 0 Å². The van der Waals surface area contributed by atoms with Crippen LogP contribution in [0.25, 0.3) is 0 Å². The van der Waals surface area contributed by atoms with E-state index in [0.29, 0.717) is 17.4 Å². The molecule has 1 aromatic carbocycles. The molecule has 4 heteroatoms. The number of aliphatic imine (C=N–C) groups is 1. The van der Waals surface area contributed by atoms with E-state index in [-0.39, 0.29) is 5.75 Å².